The first-order valence-electron chi connectivity index (χ1n) is 7.84. The van der Waals surface area contributed by atoms with Crippen molar-refractivity contribution in [1.82, 2.24) is 4.90 Å². The summed E-state index contributed by atoms with van der Waals surface area (Å²) in [4.78, 5) is 27.0. The van der Waals surface area contributed by atoms with Crippen molar-refractivity contribution in [1.29, 1.82) is 0 Å². The molecule has 0 aliphatic carbocycles. The van der Waals surface area contributed by atoms with Crippen LogP contribution in [-0.2, 0) is 0 Å². The van der Waals surface area contributed by atoms with Crippen molar-refractivity contribution in [2.45, 2.75) is 5.37 Å². The van der Waals surface area contributed by atoms with Crippen LogP contribution in [0.1, 0.15) is 21.3 Å². The fourth-order valence-corrected chi connectivity index (χ4v) is 4.47. The molecular formula is C19H14BrNO3S. The molecule has 4 nitrogen and oxygen atoms in total. The maximum absolute atomic E-state index is 13.0. The highest BCUT2D eigenvalue weighted by atomic mass is 79.9. The van der Waals surface area contributed by atoms with E-state index in [2.05, 4.69) is 15.9 Å². The molecule has 1 aromatic heterocycles. The number of nitrogens with zero attached hydrogens (tertiary/aromatic N) is 1. The molecule has 4 rings (SSSR count). The first-order chi connectivity index (χ1) is 12.1. The molecule has 1 atom stereocenters. The van der Waals surface area contributed by atoms with Crippen LogP contribution in [0.4, 0.5) is 0 Å². The Labute approximate surface area is 157 Å². The number of carbonyl (C=O) groups excluding carboxylic acids is 1. The summed E-state index contributed by atoms with van der Waals surface area (Å²) in [5.41, 5.74) is 1.03. The van der Waals surface area contributed by atoms with E-state index in [9.17, 15) is 9.59 Å². The molecular weight excluding hydrogens is 402 g/mol. The number of hydrogen-bond donors (Lipinski definition) is 0. The Morgan fingerprint density at radius 3 is 2.72 bits per heavy atom. The second kappa shape index (κ2) is 6.69. The van der Waals surface area contributed by atoms with Crippen LogP contribution in [0.2, 0.25) is 0 Å². The lowest BCUT2D eigenvalue weighted by molar-refractivity contribution is 0.0756. The van der Waals surface area contributed by atoms with E-state index in [0.717, 1.165) is 21.2 Å². The fourth-order valence-electron chi connectivity index (χ4n) is 2.95. The van der Waals surface area contributed by atoms with Crippen molar-refractivity contribution >= 4 is 44.6 Å². The number of rotatable bonds is 2. The minimum Gasteiger partial charge on any atom is -0.422 e. The third kappa shape index (κ3) is 3.12. The standard InChI is InChI=1S/C19H14BrNO3S/c20-14-7-5-12(6-8-14)18-21(9-10-25-18)17(22)15-11-13-3-1-2-4-16(13)24-19(15)23/h1-8,11,18H,9-10H2. The van der Waals surface area contributed by atoms with Crippen molar-refractivity contribution in [2.75, 3.05) is 12.3 Å². The van der Waals surface area contributed by atoms with Crippen LogP contribution in [0.5, 0.6) is 0 Å². The van der Waals surface area contributed by atoms with Crippen molar-refractivity contribution in [3.8, 4) is 0 Å². The van der Waals surface area contributed by atoms with E-state index in [4.69, 9.17) is 4.42 Å². The van der Waals surface area contributed by atoms with Gasteiger partial charge >= 0.3 is 5.63 Å². The van der Waals surface area contributed by atoms with Gasteiger partial charge in [-0.1, -0.05) is 46.3 Å². The van der Waals surface area contributed by atoms with E-state index in [-0.39, 0.29) is 16.8 Å². The zero-order valence-electron chi connectivity index (χ0n) is 13.1. The predicted molar refractivity (Wildman–Crippen MR) is 103 cm³/mol. The lowest BCUT2D eigenvalue weighted by Crippen LogP contribution is -2.33. The monoisotopic (exact) mass is 415 g/mol. The van der Waals surface area contributed by atoms with E-state index >= 15 is 0 Å². The summed E-state index contributed by atoms with van der Waals surface area (Å²) in [6.45, 7) is 0.608. The largest absolute Gasteiger partial charge is 0.422 e. The molecule has 1 saturated heterocycles. The molecule has 0 radical (unpaired) electrons. The van der Waals surface area contributed by atoms with Crippen molar-refractivity contribution in [3.05, 3.63) is 80.6 Å². The van der Waals surface area contributed by atoms with Crippen LogP contribution in [0.15, 0.2) is 68.3 Å². The van der Waals surface area contributed by atoms with Crippen molar-refractivity contribution in [2.24, 2.45) is 0 Å². The Morgan fingerprint density at radius 1 is 1.16 bits per heavy atom. The Morgan fingerprint density at radius 2 is 1.92 bits per heavy atom. The van der Waals surface area contributed by atoms with Gasteiger partial charge in [-0.05, 0) is 29.8 Å². The highest BCUT2D eigenvalue weighted by Crippen LogP contribution is 2.38. The van der Waals surface area contributed by atoms with Crippen LogP contribution in [0.25, 0.3) is 11.0 Å². The summed E-state index contributed by atoms with van der Waals surface area (Å²) in [5.74, 6) is 0.559. The molecule has 3 aromatic rings. The van der Waals surface area contributed by atoms with Gasteiger partial charge in [-0.25, -0.2) is 4.79 Å². The number of carbonyl (C=O) groups is 1. The summed E-state index contributed by atoms with van der Waals surface area (Å²) in [7, 11) is 0. The Hall–Kier alpha value is -2.05. The molecule has 1 aliphatic rings. The van der Waals surface area contributed by atoms with Gasteiger partial charge < -0.3 is 9.32 Å². The fraction of sp³-hybridized carbons (Fsp3) is 0.158. The molecule has 6 heteroatoms. The van der Waals surface area contributed by atoms with E-state index < -0.39 is 5.63 Å². The molecule has 1 unspecified atom stereocenters. The number of benzene rings is 2. The van der Waals surface area contributed by atoms with Crippen LogP contribution < -0.4 is 5.63 Å². The number of para-hydroxylation sites is 1. The van der Waals surface area contributed by atoms with Gasteiger partial charge in [0.15, 0.2) is 0 Å². The first kappa shape index (κ1) is 16.4. The topological polar surface area (TPSA) is 50.5 Å². The van der Waals surface area contributed by atoms with Gasteiger partial charge in [0, 0.05) is 22.2 Å². The number of thioether (sulfide) groups is 1. The maximum Gasteiger partial charge on any atom is 0.349 e. The van der Waals surface area contributed by atoms with E-state index in [1.807, 2.05) is 36.4 Å². The average Bonchev–Trinajstić information content (AvgIpc) is 3.11. The third-order valence-electron chi connectivity index (χ3n) is 4.18. The summed E-state index contributed by atoms with van der Waals surface area (Å²) < 4.78 is 6.31. The highest BCUT2D eigenvalue weighted by Gasteiger charge is 2.32. The Balaban J connectivity index is 1.71. The summed E-state index contributed by atoms with van der Waals surface area (Å²) >= 11 is 5.13. The van der Waals surface area contributed by atoms with E-state index in [0.29, 0.717) is 12.1 Å². The second-order valence-corrected chi connectivity index (χ2v) is 7.86. The number of fused-ring (bicyclic) bond motifs is 1. The Kier molecular flexibility index (Phi) is 4.39. The minimum atomic E-state index is -0.588. The van der Waals surface area contributed by atoms with Gasteiger partial charge in [-0.15, -0.1) is 11.8 Å². The second-order valence-electron chi connectivity index (χ2n) is 5.76. The molecule has 0 spiro atoms. The Bertz CT molecular complexity index is 999. The van der Waals surface area contributed by atoms with Crippen LogP contribution in [-0.4, -0.2) is 23.1 Å². The normalized spacial score (nSPS) is 17.2. The average molecular weight is 416 g/mol. The van der Waals surface area contributed by atoms with Crippen LogP contribution >= 0.6 is 27.7 Å². The maximum atomic E-state index is 13.0. The molecule has 0 bridgehead atoms. The third-order valence-corrected chi connectivity index (χ3v) is 5.97. The molecule has 0 saturated carbocycles. The molecule has 2 aromatic carbocycles. The highest BCUT2D eigenvalue weighted by molar-refractivity contribution is 9.10. The van der Waals surface area contributed by atoms with Gasteiger partial charge in [-0.3, -0.25) is 4.79 Å². The molecule has 1 aliphatic heterocycles. The molecule has 126 valence electrons. The molecule has 0 N–H and O–H groups in total. The number of hydrogen-bond acceptors (Lipinski definition) is 4. The smallest absolute Gasteiger partial charge is 0.349 e. The lowest BCUT2D eigenvalue weighted by atomic mass is 10.1. The van der Waals surface area contributed by atoms with Gasteiger partial charge in [0.2, 0.25) is 0 Å². The van der Waals surface area contributed by atoms with E-state index in [1.165, 1.54) is 0 Å². The van der Waals surface area contributed by atoms with Gasteiger partial charge in [-0.2, -0.15) is 0 Å². The van der Waals surface area contributed by atoms with Crippen LogP contribution in [0, 0.1) is 0 Å². The minimum absolute atomic E-state index is 0.0864. The molecule has 1 fully saturated rings. The predicted octanol–water partition coefficient (Wildman–Crippen LogP) is 4.44. The SMILES string of the molecule is O=C(c1cc2ccccc2oc1=O)N1CCSC1c1ccc(Br)cc1. The zero-order valence-corrected chi connectivity index (χ0v) is 15.5. The van der Waals surface area contributed by atoms with E-state index in [1.54, 1.807) is 34.9 Å². The van der Waals surface area contributed by atoms with Gasteiger partial charge in [0.25, 0.3) is 5.91 Å². The molecule has 25 heavy (non-hydrogen) atoms. The molecule has 2 heterocycles. The first-order valence-corrected chi connectivity index (χ1v) is 9.68. The molecule has 1 amide bonds. The van der Waals surface area contributed by atoms with Crippen molar-refractivity contribution in [3.63, 3.8) is 0 Å². The number of amides is 1. The number of halogens is 1. The van der Waals surface area contributed by atoms with Gasteiger partial charge in [0.05, 0.1) is 0 Å². The van der Waals surface area contributed by atoms with Crippen LogP contribution in [0.3, 0.4) is 0 Å². The summed E-state index contributed by atoms with van der Waals surface area (Å²) in [5, 5.41) is 0.656. The quantitative estimate of drug-likeness (QED) is 0.580. The van der Waals surface area contributed by atoms with Gasteiger partial charge in [0.1, 0.15) is 16.5 Å². The summed E-state index contributed by atoms with van der Waals surface area (Å²) in [6, 6.07) is 16.8. The zero-order chi connectivity index (χ0) is 17.4. The van der Waals surface area contributed by atoms with Crippen molar-refractivity contribution < 1.29 is 9.21 Å². The lowest BCUT2D eigenvalue weighted by Gasteiger charge is -2.24. The summed E-state index contributed by atoms with van der Waals surface area (Å²) in [6.07, 6.45) is 0.